The summed E-state index contributed by atoms with van der Waals surface area (Å²) in [5.74, 6) is 0. The summed E-state index contributed by atoms with van der Waals surface area (Å²) in [6, 6.07) is 8.01. The fraction of sp³-hybridized carbons (Fsp3) is 0.600. The zero-order valence-electron chi connectivity index (χ0n) is 11.7. The van der Waals surface area contributed by atoms with Crippen LogP contribution in [0.1, 0.15) is 32.8 Å². The Bertz CT molecular complexity index is 345. The molecule has 0 heterocycles. The van der Waals surface area contributed by atoms with Crippen molar-refractivity contribution >= 4 is 5.69 Å². The van der Waals surface area contributed by atoms with Crippen LogP contribution in [0.3, 0.4) is 0 Å². The Balaban J connectivity index is 2.02. The first-order chi connectivity index (χ1) is 8.47. The van der Waals surface area contributed by atoms with Gasteiger partial charge in [-0.05, 0) is 51.3 Å². The van der Waals surface area contributed by atoms with Gasteiger partial charge in [-0.1, -0.05) is 12.1 Å². The van der Waals surface area contributed by atoms with E-state index in [0.29, 0.717) is 13.2 Å². The van der Waals surface area contributed by atoms with Crippen molar-refractivity contribution in [2.75, 3.05) is 25.6 Å². The molecule has 0 aliphatic rings. The van der Waals surface area contributed by atoms with Gasteiger partial charge in [-0.2, -0.15) is 0 Å². The second-order valence-corrected chi connectivity index (χ2v) is 5.42. The standard InChI is InChI=1S/C15H25NO2/c1-15(2,3)18-11-10-17-9-5-7-13-6-4-8-14(16)12-13/h4,6,8,12H,5,7,9-11,16H2,1-3H3. The van der Waals surface area contributed by atoms with E-state index < -0.39 is 0 Å². The van der Waals surface area contributed by atoms with Gasteiger partial charge in [-0.25, -0.2) is 0 Å². The Hall–Kier alpha value is -1.06. The van der Waals surface area contributed by atoms with Crippen molar-refractivity contribution in [3.8, 4) is 0 Å². The van der Waals surface area contributed by atoms with E-state index >= 15 is 0 Å². The highest BCUT2D eigenvalue weighted by Crippen LogP contribution is 2.09. The van der Waals surface area contributed by atoms with Crippen molar-refractivity contribution in [1.29, 1.82) is 0 Å². The van der Waals surface area contributed by atoms with Crippen molar-refractivity contribution in [2.45, 2.75) is 39.2 Å². The number of benzene rings is 1. The molecule has 2 N–H and O–H groups in total. The van der Waals surface area contributed by atoms with Crippen LogP contribution in [0.25, 0.3) is 0 Å². The lowest BCUT2D eigenvalue weighted by atomic mass is 10.1. The van der Waals surface area contributed by atoms with Crippen LogP contribution in [0.4, 0.5) is 5.69 Å². The predicted octanol–water partition coefficient (Wildman–Crippen LogP) is 3.03. The van der Waals surface area contributed by atoms with Gasteiger partial charge in [0.05, 0.1) is 18.8 Å². The molecule has 0 unspecified atom stereocenters. The monoisotopic (exact) mass is 251 g/mol. The highest BCUT2D eigenvalue weighted by molar-refractivity contribution is 5.40. The molecule has 0 aromatic heterocycles. The number of anilines is 1. The Morgan fingerprint density at radius 3 is 2.56 bits per heavy atom. The molecule has 1 aromatic rings. The molecule has 18 heavy (non-hydrogen) atoms. The van der Waals surface area contributed by atoms with Crippen LogP contribution in [0.2, 0.25) is 0 Å². The number of rotatable bonds is 7. The number of hydrogen-bond donors (Lipinski definition) is 1. The number of nitrogen functional groups attached to an aromatic ring is 1. The van der Waals surface area contributed by atoms with Crippen LogP contribution in [-0.2, 0) is 15.9 Å². The van der Waals surface area contributed by atoms with Crippen LogP contribution >= 0.6 is 0 Å². The number of ether oxygens (including phenoxy) is 2. The van der Waals surface area contributed by atoms with E-state index in [1.807, 2.05) is 39.0 Å². The highest BCUT2D eigenvalue weighted by Gasteiger charge is 2.08. The van der Waals surface area contributed by atoms with Crippen molar-refractivity contribution in [2.24, 2.45) is 0 Å². The largest absolute Gasteiger partial charge is 0.399 e. The molecule has 0 bridgehead atoms. The number of hydrogen-bond acceptors (Lipinski definition) is 3. The van der Waals surface area contributed by atoms with Crippen LogP contribution in [0.5, 0.6) is 0 Å². The average Bonchev–Trinajstić information content (AvgIpc) is 2.26. The first-order valence-corrected chi connectivity index (χ1v) is 6.53. The van der Waals surface area contributed by atoms with E-state index in [4.69, 9.17) is 15.2 Å². The molecule has 0 spiro atoms. The van der Waals surface area contributed by atoms with Crippen molar-refractivity contribution < 1.29 is 9.47 Å². The van der Waals surface area contributed by atoms with E-state index in [2.05, 4.69) is 6.07 Å². The molecule has 0 aliphatic heterocycles. The van der Waals surface area contributed by atoms with Crippen LogP contribution in [0.15, 0.2) is 24.3 Å². The second kappa shape index (κ2) is 7.39. The lowest BCUT2D eigenvalue weighted by molar-refractivity contribution is -0.0349. The molecule has 0 atom stereocenters. The topological polar surface area (TPSA) is 44.5 Å². The van der Waals surface area contributed by atoms with Gasteiger partial charge in [0.25, 0.3) is 0 Å². The molecule has 3 heteroatoms. The molecule has 0 saturated heterocycles. The molecular weight excluding hydrogens is 226 g/mol. The third-order valence-electron chi connectivity index (χ3n) is 2.47. The number of aryl methyl sites for hydroxylation is 1. The van der Waals surface area contributed by atoms with Gasteiger partial charge in [0, 0.05) is 12.3 Å². The maximum absolute atomic E-state index is 5.72. The zero-order chi connectivity index (χ0) is 13.4. The lowest BCUT2D eigenvalue weighted by Gasteiger charge is -2.19. The quantitative estimate of drug-likeness (QED) is 0.598. The normalized spacial score (nSPS) is 11.7. The van der Waals surface area contributed by atoms with Crippen LogP contribution in [-0.4, -0.2) is 25.4 Å². The van der Waals surface area contributed by atoms with Gasteiger partial charge in [-0.3, -0.25) is 0 Å². The first kappa shape index (κ1) is 15.0. The second-order valence-electron chi connectivity index (χ2n) is 5.42. The average molecular weight is 251 g/mol. The van der Waals surface area contributed by atoms with E-state index in [9.17, 15) is 0 Å². The minimum Gasteiger partial charge on any atom is -0.399 e. The number of nitrogens with two attached hydrogens (primary N) is 1. The SMILES string of the molecule is CC(C)(C)OCCOCCCc1cccc(N)c1. The third kappa shape index (κ3) is 7.30. The minimum absolute atomic E-state index is 0.0784. The highest BCUT2D eigenvalue weighted by atomic mass is 16.5. The molecule has 3 nitrogen and oxygen atoms in total. The Kier molecular flexibility index (Phi) is 6.16. The van der Waals surface area contributed by atoms with E-state index in [1.165, 1.54) is 5.56 Å². The Morgan fingerprint density at radius 1 is 1.11 bits per heavy atom. The summed E-state index contributed by atoms with van der Waals surface area (Å²) in [7, 11) is 0. The Morgan fingerprint density at radius 2 is 1.89 bits per heavy atom. The third-order valence-corrected chi connectivity index (χ3v) is 2.47. The molecular formula is C15H25NO2. The molecule has 0 aliphatic carbocycles. The van der Waals surface area contributed by atoms with E-state index in [-0.39, 0.29) is 5.60 Å². The van der Waals surface area contributed by atoms with Crippen LogP contribution < -0.4 is 5.73 Å². The van der Waals surface area contributed by atoms with Gasteiger partial charge < -0.3 is 15.2 Å². The van der Waals surface area contributed by atoms with E-state index in [1.54, 1.807) is 0 Å². The van der Waals surface area contributed by atoms with Crippen molar-refractivity contribution in [1.82, 2.24) is 0 Å². The van der Waals surface area contributed by atoms with Gasteiger partial charge in [-0.15, -0.1) is 0 Å². The summed E-state index contributed by atoms with van der Waals surface area (Å²) in [6.45, 7) is 8.23. The molecule has 0 saturated carbocycles. The summed E-state index contributed by atoms with van der Waals surface area (Å²) in [5, 5.41) is 0. The molecule has 0 fully saturated rings. The Labute approximate surface area is 110 Å². The van der Waals surface area contributed by atoms with Gasteiger partial charge in [0.15, 0.2) is 0 Å². The smallest absolute Gasteiger partial charge is 0.0707 e. The molecule has 102 valence electrons. The maximum atomic E-state index is 5.72. The van der Waals surface area contributed by atoms with E-state index in [0.717, 1.165) is 25.1 Å². The van der Waals surface area contributed by atoms with Crippen LogP contribution in [0, 0.1) is 0 Å². The van der Waals surface area contributed by atoms with Gasteiger partial charge >= 0.3 is 0 Å². The minimum atomic E-state index is -0.0784. The fourth-order valence-corrected chi connectivity index (χ4v) is 1.64. The van der Waals surface area contributed by atoms with Gasteiger partial charge in [0.2, 0.25) is 0 Å². The molecule has 0 radical (unpaired) electrons. The summed E-state index contributed by atoms with van der Waals surface area (Å²) in [5.41, 5.74) is 7.74. The summed E-state index contributed by atoms with van der Waals surface area (Å²) in [6.07, 6.45) is 2.02. The zero-order valence-corrected chi connectivity index (χ0v) is 11.7. The molecule has 1 aromatic carbocycles. The maximum Gasteiger partial charge on any atom is 0.0707 e. The summed E-state index contributed by atoms with van der Waals surface area (Å²) >= 11 is 0. The first-order valence-electron chi connectivity index (χ1n) is 6.53. The van der Waals surface area contributed by atoms with Crippen molar-refractivity contribution in [3.05, 3.63) is 29.8 Å². The van der Waals surface area contributed by atoms with Gasteiger partial charge in [0.1, 0.15) is 0 Å². The summed E-state index contributed by atoms with van der Waals surface area (Å²) < 4.78 is 11.1. The lowest BCUT2D eigenvalue weighted by Crippen LogP contribution is -2.21. The molecule has 0 amide bonds. The summed E-state index contributed by atoms with van der Waals surface area (Å²) in [4.78, 5) is 0. The molecule has 1 rings (SSSR count). The fourth-order valence-electron chi connectivity index (χ4n) is 1.64. The predicted molar refractivity (Wildman–Crippen MR) is 75.7 cm³/mol. The van der Waals surface area contributed by atoms with Crippen molar-refractivity contribution in [3.63, 3.8) is 0 Å².